The average molecular weight is 268 g/mol. The summed E-state index contributed by atoms with van der Waals surface area (Å²) in [7, 11) is 0. The van der Waals surface area contributed by atoms with Crippen LogP contribution in [0.4, 0.5) is 4.39 Å². The predicted octanol–water partition coefficient (Wildman–Crippen LogP) is 6.92. The molecule has 1 aromatic rings. The molecule has 0 saturated heterocycles. The fourth-order valence-corrected chi connectivity index (χ4v) is 1.56. The summed E-state index contributed by atoms with van der Waals surface area (Å²) in [6, 6.07) is 6.40. The molecular weight excluding hydrogens is 235 g/mol. The van der Waals surface area contributed by atoms with Crippen LogP contribution in [-0.4, -0.2) is 0 Å². The smallest absolute Gasteiger partial charge is 0.123 e. The van der Waals surface area contributed by atoms with E-state index in [0.717, 1.165) is 5.56 Å². The number of halogens is 1. The Hall–Kier alpha value is -0.850. The van der Waals surface area contributed by atoms with Crippen molar-refractivity contribution < 1.29 is 4.39 Å². The van der Waals surface area contributed by atoms with E-state index in [1.807, 2.05) is 20.8 Å². The molecule has 0 aliphatic rings. The van der Waals surface area contributed by atoms with Gasteiger partial charge < -0.3 is 0 Å². The fraction of sp³-hybridized carbons (Fsp3) is 0.667. The highest BCUT2D eigenvalue weighted by Gasteiger charge is 1.86. The molecule has 0 bridgehead atoms. The third-order valence-electron chi connectivity index (χ3n) is 2.72. The normalized spacial score (nSPS) is 8.95. The summed E-state index contributed by atoms with van der Waals surface area (Å²) in [6.45, 7) is 10.5. The van der Waals surface area contributed by atoms with Gasteiger partial charge in [-0.15, -0.1) is 0 Å². The van der Waals surface area contributed by atoms with Gasteiger partial charge in [-0.25, -0.2) is 4.39 Å². The molecule has 0 spiro atoms. The molecule has 0 saturated carbocycles. The van der Waals surface area contributed by atoms with E-state index < -0.39 is 0 Å². The van der Waals surface area contributed by atoms with Crippen molar-refractivity contribution >= 4 is 0 Å². The summed E-state index contributed by atoms with van der Waals surface area (Å²) in [5.74, 6) is -0.171. The lowest BCUT2D eigenvalue weighted by Crippen LogP contribution is -1.76. The van der Waals surface area contributed by atoms with Crippen LogP contribution in [0.25, 0.3) is 0 Å². The highest BCUT2D eigenvalue weighted by molar-refractivity contribution is 5.13. The van der Waals surface area contributed by atoms with Gasteiger partial charge in [-0.3, -0.25) is 0 Å². The summed E-state index contributed by atoms with van der Waals surface area (Å²) >= 11 is 0. The Morgan fingerprint density at radius 1 is 0.737 bits per heavy atom. The van der Waals surface area contributed by atoms with Crippen LogP contribution in [0.2, 0.25) is 0 Å². The van der Waals surface area contributed by atoms with Gasteiger partial charge in [0.2, 0.25) is 0 Å². The second-order valence-corrected chi connectivity index (χ2v) is 4.56. The topological polar surface area (TPSA) is 0 Å². The third kappa shape index (κ3) is 17.1. The van der Waals surface area contributed by atoms with E-state index in [9.17, 15) is 4.39 Å². The molecule has 0 heterocycles. The zero-order chi connectivity index (χ0) is 14.9. The monoisotopic (exact) mass is 268 g/mol. The lowest BCUT2D eigenvalue weighted by atomic mass is 10.1. The lowest BCUT2D eigenvalue weighted by molar-refractivity contribution is 0.602. The molecule has 0 aliphatic carbocycles. The van der Waals surface area contributed by atoms with Gasteiger partial charge in [0.15, 0.2) is 0 Å². The molecule has 1 heteroatoms. The molecule has 0 nitrogen and oxygen atoms in total. The Bertz CT molecular complexity index is 224. The van der Waals surface area contributed by atoms with Crippen LogP contribution in [-0.2, 0) is 0 Å². The van der Waals surface area contributed by atoms with E-state index in [1.165, 1.54) is 57.1 Å². The van der Waals surface area contributed by atoms with Crippen LogP contribution in [0.15, 0.2) is 24.3 Å². The van der Waals surface area contributed by atoms with Crippen LogP contribution < -0.4 is 0 Å². The molecule has 19 heavy (non-hydrogen) atoms. The fourth-order valence-electron chi connectivity index (χ4n) is 1.56. The molecule has 112 valence electrons. The molecular formula is C18H33F. The molecule has 0 N–H and O–H groups in total. The number of aryl methyl sites for hydroxylation is 1. The van der Waals surface area contributed by atoms with E-state index >= 15 is 0 Å². The van der Waals surface area contributed by atoms with Crippen LogP contribution in [0.3, 0.4) is 0 Å². The van der Waals surface area contributed by atoms with Crippen molar-refractivity contribution in [2.24, 2.45) is 0 Å². The Morgan fingerprint density at radius 3 is 1.42 bits per heavy atom. The molecule has 1 aromatic carbocycles. The first-order valence-electron chi connectivity index (χ1n) is 7.92. The highest BCUT2D eigenvalue weighted by atomic mass is 19.1. The number of hydrogen-bond donors (Lipinski definition) is 0. The van der Waals surface area contributed by atoms with Crippen LogP contribution >= 0.6 is 0 Å². The van der Waals surface area contributed by atoms with Gasteiger partial charge in [0.25, 0.3) is 0 Å². The second-order valence-electron chi connectivity index (χ2n) is 4.56. The summed E-state index contributed by atoms with van der Waals surface area (Å²) < 4.78 is 12.1. The van der Waals surface area contributed by atoms with E-state index in [2.05, 4.69) is 13.8 Å². The number of hydrogen-bond acceptors (Lipinski definition) is 0. The quantitative estimate of drug-likeness (QED) is 0.491. The van der Waals surface area contributed by atoms with E-state index in [-0.39, 0.29) is 5.82 Å². The van der Waals surface area contributed by atoms with Crippen molar-refractivity contribution in [3.05, 3.63) is 35.6 Å². The highest BCUT2D eigenvalue weighted by Crippen LogP contribution is 2.05. The van der Waals surface area contributed by atoms with Crippen molar-refractivity contribution in [3.8, 4) is 0 Å². The van der Waals surface area contributed by atoms with Crippen LogP contribution in [0, 0.1) is 12.7 Å². The zero-order valence-corrected chi connectivity index (χ0v) is 13.6. The zero-order valence-electron chi connectivity index (χ0n) is 13.6. The van der Waals surface area contributed by atoms with Crippen molar-refractivity contribution in [2.45, 2.75) is 79.6 Å². The van der Waals surface area contributed by atoms with Crippen molar-refractivity contribution in [1.29, 1.82) is 0 Å². The Labute approximate surface area is 120 Å². The summed E-state index contributed by atoms with van der Waals surface area (Å²) in [5, 5.41) is 0. The minimum Gasteiger partial charge on any atom is -0.207 e. The van der Waals surface area contributed by atoms with Gasteiger partial charge in [-0.05, 0) is 19.1 Å². The number of unbranched alkanes of at least 4 members (excludes halogenated alkanes) is 6. The van der Waals surface area contributed by atoms with Crippen molar-refractivity contribution in [2.75, 3.05) is 0 Å². The summed E-state index contributed by atoms with van der Waals surface area (Å²) in [5.41, 5.74) is 1.09. The van der Waals surface area contributed by atoms with Gasteiger partial charge in [0, 0.05) is 0 Å². The largest absolute Gasteiger partial charge is 0.207 e. The SMILES string of the molecule is CC.CCCCCCCCC.Cc1ccc(F)cc1. The first-order chi connectivity index (χ1) is 9.20. The van der Waals surface area contributed by atoms with E-state index in [1.54, 1.807) is 12.1 Å². The summed E-state index contributed by atoms with van der Waals surface area (Å²) in [6.07, 6.45) is 9.97. The Kier molecular flexibility index (Phi) is 18.5. The Balaban J connectivity index is 0. The maximum atomic E-state index is 12.1. The molecule has 1 rings (SSSR count). The first-order valence-corrected chi connectivity index (χ1v) is 7.92. The van der Waals surface area contributed by atoms with Gasteiger partial charge in [0.1, 0.15) is 5.82 Å². The first kappa shape index (κ1) is 20.5. The van der Waals surface area contributed by atoms with E-state index in [0.29, 0.717) is 0 Å². The van der Waals surface area contributed by atoms with Gasteiger partial charge in [0.05, 0.1) is 0 Å². The number of rotatable bonds is 6. The van der Waals surface area contributed by atoms with Gasteiger partial charge >= 0.3 is 0 Å². The maximum Gasteiger partial charge on any atom is 0.123 e. The van der Waals surface area contributed by atoms with Gasteiger partial charge in [-0.1, -0.05) is 90.3 Å². The Morgan fingerprint density at radius 2 is 1.11 bits per heavy atom. The lowest BCUT2D eigenvalue weighted by Gasteiger charge is -1.96. The second kappa shape index (κ2) is 17.2. The summed E-state index contributed by atoms with van der Waals surface area (Å²) in [4.78, 5) is 0. The molecule has 0 fully saturated rings. The van der Waals surface area contributed by atoms with Crippen LogP contribution in [0.5, 0.6) is 0 Å². The molecule has 0 aliphatic heterocycles. The van der Waals surface area contributed by atoms with Crippen molar-refractivity contribution in [1.82, 2.24) is 0 Å². The van der Waals surface area contributed by atoms with Gasteiger partial charge in [-0.2, -0.15) is 0 Å². The van der Waals surface area contributed by atoms with Crippen molar-refractivity contribution in [3.63, 3.8) is 0 Å². The molecule has 0 amide bonds. The minimum atomic E-state index is -0.171. The van der Waals surface area contributed by atoms with Crippen LogP contribution in [0.1, 0.15) is 78.2 Å². The maximum absolute atomic E-state index is 12.1. The standard InChI is InChI=1S/C9H20.C7H7F.C2H6/c1-3-5-7-9-8-6-4-2;1-6-2-4-7(8)5-3-6;1-2/h3-9H2,1-2H3;2-5H,1H3;1-2H3. The molecule has 0 aromatic heterocycles. The third-order valence-corrected chi connectivity index (χ3v) is 2.72. The minimum absolute atomic E-state index is 0.171. The molecule has 0 radical (unpaired) electrons. The number of benzene rings is 1. The molecule has 0 unspecified atom stereocenters. The predicted molar refractivity (Wildman–Crippen MR) is 86.2 cm³/mol. The average Bonchev–Trinajstić information content (AvgIpc) is 2.45. The van der Waals surface area contributed by atoms with E-state index in [4.69, 9.17) is 0 Å². The molecule has 0 atom stereocenters.